The van der Waals surface area contributed by atoms with Gasteiger partial charge in [-0.05, 0) is 64.4 Å². The molecule has 0 heterocycles. The zero-order chi connectivity index (χ0) is 24.9. The van der Waals surface area contributed by atoms with Gasteiger partial charge >= 0.3 is 11.9 Å². The largest absolute Gasteiger partial charge is 0.488 e. The van der Waals surface area contributed by atoms with Crippen LogP contribution in [0, 0.1) is 0 Å². The van der Waals surface area contributed by atoms with Gasteiger partial charge < -0.3 is 14.9 Å². The number of rotatable bonds is 8. The molecular formula is C29H30O5. The fraction of sp³-hybridized carbons (Fsp3) is 0.241. The first-order valence-corrected chi connectivity index (χ1v) is 11.2. The predicted octanol–water partition coefficient (Wildman–Crippen LogP) is 6.81. The van der Waals surface area contributed by atoms with Gasteiger partial charge in [-0.15, -0.1) is 0 Å². The van der Waals surface area contributed by atoms with Crippen LogP contribution < -0.4 is 4.74 Å². The van der Waals surface area contributed by atoms with Crippen molar-refractivity contribution >= 4 is 18.0 Å². The standard InChI is InChI=1S/C29H30O5/c1-5-20(27(30)31)15-24-17-22(21-7-6-8-23(16-21)28(32)33)11-14-26(24)34-18-19-9-12-25(13-10-19)29(2,3)4/h6-17H,5,18H2,1-4H3,(H,30,31)(H,32,33). The Hall–Kier alpha value is -3.86. The van der Waals surface area contributed by atoms with E-state index in [1.165, 1.54) is 11.6 Å². The third-order valence-corrected chi connectivity index (χ3v) is 5.65. The molecule has 0 radical (unpaired) electrons. The van der Waals surface area contributed by atoms with Gasteiger partial charge in [-0.25, -0.2) is 9.59 Å². The van der Waals surface area contributed by atoms with Crippen LogP contribution in [-0.2, 0) is 16.8 Å². The minimum Gasteiger partial charge on any atom is -0.488 e. The highest BCUT2D eigenvalue weighted by Crippen LogP contribution is 2.30. The molecular weight excluding hydrogens is 428 g/mol. The van der Waals surface area contributed by atoms with Gasteiger partial charge in [0.25, 0.3) is 0 Å². The Bertz CT molecular complexity index is 1210. The molecule has 3 aromatic rings. The van der Waals surface area contributed by atoms with Gasteiger partial charge in [0.05, 0.1) is 5.56 Å². The van der Waals surface area contributed by atoms with E-state index in [4.69, 9.17) is 4.74 Å². The van der Waals surface area contributed by atoms with Crippen molar-refractivity contribution in [1.82, 2.24) is 0 Å². The maximum Gasteiger partial charge on any atom is 0.335 e. The summed E-state index contributed by atoms with van der Waals surface area (Å²) in [7, 11) is 0. The first kappa shape index (κ1) is 24.8. The van der Waals surface area contributed by atoms with Crippen LogP contribution in [0.1, 0.15) is 61.2 Å². The number of carboxylic acid groups (broad SMARTS) is 2. The molecule has 34 heavy (non-hydrogen) atoms. The molecule has 0 aliphatic rings. The predicted molar refractivity (Wildman–Crippen MR) is 134 cm³/mol. The zero-order valence-corrected chi connectivity index (χ0v) is 20.0. The summed E-state index contributed by atoms with van der Waals surface area (Å²) in [5.41, 5.74) is 4.90. The van der Waals surface area contributed by atoms with Crippen molar-refractivity contribution in [3.63, 3.8) is 0 Å². The molecule has 176 valence electrons. The molecule has 0 saturated carbocycles. The number of carboxylic acids is 2. The lowest BCUT2D eigenvalue weighted by molar-refractivity contribution is -0.132. The summed E-state index contributed by atoms with van der Waals surface area (Å²) in [5.74, 6) is -1.42. The number of aliphatic carboxylic acids is 1. The molecule has 0 atom stereocenters. The number of ether oxygens (including phenoxy) is 1. The lowest BCUT2D eigenvalue weighted by atomic mass is 9.87. The molecule has 0 spiro atoms. The highest BCUT2D eigenvalue weighted by molar-refractivity contribution is 5.93. The Balaban J connectivity index is 1.95. The summed E-state index contributed by atoms with van der Waals surface area (Å²) < 4.78 is 6.10. The van der Waals surface area contributed by atoms with E-state index in [9.17, 15) is 19.8 Å². The van der Waals surface area contributed by atoms with Gasteiger partial charge in [0.1, 0.15) is 12.4 Å². The maximum atomic E-state index is 11.6. The SMILES string of the molecule is CCC(=Cc1cc(-c2cccc(C(=O)O)c2)ccc1OCc1ccc(C(C)(C)C)cc1)C(=O)O. The average molecular weight is 459 g/mol. The first-order chi connectivity index (χ1) is 16.1. The summed E-state index contributed by atoms with van der Waals surface area (Å²) in [6.45, 7) is 8.63. The molecule has 0 amide bonds. The number of hydrogen-bond donors (Lipinski definition) is 2. The van der Waals surface area contributed by atoms with Gasteiger partial charge in [-0.3, -0.25) is 0 Å². The Morgan fingerprint density at radius 3 is 2.18 bits per heavy atom. The molecule has 0 aromatic heterocycles. The third kappa shape index (κ3) is 6.13. The van der Waals surface area contributed by atoms with Gasteiger partial charge in [0.2, 0.25) is 0 Å². The van der Waals surface area contributed by atoms with Crippen LogP contribution in [0.25, 0.3) is 17.2 Å². The van der Waals surface area contributed by atoms with Crippen LogP contribution in [0.15, 0.2) is 72.3 Å². The van der Waals surface area contributed by atoms with Gasteiger partial charge in [0.15, 0.2) is 0 Å². The summed E-state index contributed by atoms with van der Waals surface area (Å²) >= 11 is 0. The Labute approximate surface area is 200 Å². The van der Waals surface area contributed by atoms with Crippen molar-refractivity contribution in [2.75, 3.05) is 0 Å². The molecule has 5 heteroatoms. The second-order valence-electron chi connectivity index (χ2n) is 9.20. The molecule has 0 aliphatic carbocycles. The number of aromatic carboxylic acids is 1. The Morgan fingerprint density at radius 2 is 1.59 bits per heavy atom. The third-order valence-electron chi connectivity index (χ3n) is 5.65. The quantitative estimate of drug-likeness (QED) is 0.362. The molecule has 0 unspecified atom stereocenters. The van der Waals surface area contributed by atoms with E-state index in [0.29, 0.717) is 24.3 Å². The monoisotopic (exact) mass is 458 g/mol. The van der Waals surface area contributed by atoms with Gasteiger partial charge in [0, 0.05) is 11.1 Å². The lowest BCUT2D eigenvalue weighted by Gasteiger charge is -2.19. The lowest BCUT2D eigenvalue weighted by Crippen LogP contribution is -2.10. The van der Waals surface area contributed by atoms with E-state index >= 15 is 0 Å². The van der Waals surface area contributed by atoms with Crippen molar-refractivity contribution in [3.8, 4) is 16.9 Å². The maximum absolute atomic E-state index is 11.6. The fourth-order valence-electron chi connectivity index (χ4n) is 3.57. The van der Waals surface area contributed by atoms with Crippen molar-refractivity contribution < 1.29 is 24.5 Å². The molecule has 0 saturated heterocycles. The minimum absolute atomic E-state index is 0.0680. The number of benzene rings is 3. The Morgan fingerprint density at radius 1 is 0.912 bits per heavy atom. The second kappa shape index (κ2) is 10.4. The highest BCUT2D eigenvalue weighted by Gasteiger charge is 2.14. The molecule has 0 fully saturated rings. The molecule has 0 aliphatic heterocycles. The fourth-order valence-corrected chi connectivity index (χ4v) is 3.57. The van der Waals surface area contributed by atoms with E-state index in [-0.39, 0.29) is 16.6 Å². The number of carbonyl (C=O) groups is 2. The van der Waals surface area contributed by atoms with E-state index in [0.717, 1.165) is 16.7 Å². The van der Waals surface area contributed by atoms with Crippen LogP contribution in [-0.4, -0.2) is 22.2 Å². The first-order valence-electron chi connectivity index (χ1n) is 11.2. The number of hydrogen-bond acceptors (Lipinski definition) is 3. The summed E-state index contributed by atoms with van der Waals surface area (Å²) in [6, 6.07) is 20.4. The highest BCUT2D eigenvalue weighted by atomic mass is 16.5. The van der Waals surface area contributed by atoms with E-state index in [1.54, 1.807) is 31.2 Å². The normalized spacial score (nSPS) is 11.8. The van der Waals surface area contributed by atoms with Gasteiger partial charge in [-0.2, -0.15) is 0 Å². The zero-order valence-electron chi connectivity index (χ0n) is 20.0. The summed E-state index contributed by atoms with van der Waals surface area (Å²) in [4.78, 5) is 23.0. The topological polar surface area (TPSA) is 83.8 Å². The molecule has 5 nitrogen and oxygen atoms in total. The van der Waals surface area contributed by atoms with Crippen molar-refractivity contribution in [2.24, 2.45) is 0 Å². The van der Waals surface area contributed by atoms with E-state index in [1.807, 2.05) is 30.3 Å². The van der Waals surface area contributed by atoms with Crippen LogP contribution in [0.3, 0.4) is 0 Å². The van der Waals surface area contributed by atoms with Crippen LogP contribution in [0.5, 0.6) is 5.75 Å². The van der Waals surface area contributed by atoms with Gasteiger partial charge in [-0.1, -0.05) is 70.2 Å². The molecule has 0 bridgehead atoms. The molecule has 3 aromatic carbocycles. The van der Waals surface area contributed by atoms with Crippen molar-refractivity contribution in [2.45, 2.75) is 46.1 Å². The van der Waals surface area contributed by atoms with Crippen molar-refractivity contribution in [1.29, 1.82) is 0 Å². The average Bonchev–Trinajstić information content (AvgIpc) is 2.81. The van der Waals surface area contributed by atoms with Crippen LogP contribution in [0.2, 0.25) is 0 Å². The molecule has 2 N–H and O–H groups in total. The second-order valence-corrected chi connectivity index (χ2v) is 9.20. The molecule has 3 rings (SSSR count). The van der Waals surface area contributed by atoms with E-state index in [2.05, 4.69) is 32.9 Å². The summed E-state index contributed by atoms with van der Waals surface area (Å²) in [5, 5.41) is 18.8. The Kier molecular flexibility index (Phi) is 7.57. The smallest absolute Gasteiger partial charge is 0.335 e. The van der Waals surface area contributed by atoms with Crippen LogP contribution in [0.4, 0.5) is 0 Å². The summed E-state index contributed by atoms with van der Waals surface area (Å²) in [6.07, 6.45) is 1.98. The van der Waals surface area contributed by atoms with Crippen LogP contribution >= 0.6 is 0 Å². The van der Waals surface area contributed by atoms with E-state index < -0.39 is 11.9 Å². The minimum atomic E-state index is -1.00. The van der Waals surface area contributed by atoms with Crippen molar-refractivity contribution in [3.05, 3.63) is 94.6 Å².